The minimum atomic E-state index is -0.247. The third-order valence-corrected chi connectivity index (χ3v) is 3.86. The Morgan fingerprint density at radius 1 is 1.04 bits per heavy atom. The lowest BCUT2D eigenvalue weighted by Gasteiger charge is -2.13. The molecule has 122 valence electrons. The van der Waals surface area contributed by atoms with Gasteiger partial charge in [0.2, 0.25) is 0 Å². The zero-order valence-corrected chi connectivity index (χ0v) is 13.8. The summed E-state index contributed by atoms with van der Waals surface area (Å²) in [6, 6.07) is 13.0. The van der Waals surface area contributed by atoms with Crippen molar-refractivity contribution >= 4 is 22.5 Å². The molecular weight excluding hydrogens is 304 g/mol. The molecule has 0 aliphatic carbocycles. The fourth-order valence-electron chi connectivity index (χ4n) is 2.56. The lowest BCUT2D eigenvalue weighted by molar-refractivity contribution is 0.102. The largest absolute Gasteiger partial charge is 0.496 e. The molecular formula is C19H18N2O3. The van der Waals surface area contributed by atoms with E-state index in [9.17, 15) is 4.79 Å². The molecule has 0 fully saturated rings. The molecule has 5 heteroatoms. The van der Waals surface area contributed by atoms with Gasteiger partial charge < -0.3 is 14.8 Å². The van der Waals surface area contributed by atoms with Crippen LogP contribution in [0.1, 0.15) is 15.9 Å². The Balaban J connectivity index is 1.91. The first-order valence-corrected chi connectivity index (χ1v) is 7.51. The highest BCUT2D eigenvalue weighted by Gasteiger charge is 2.14. The number of carbonyl (C=O) groups excluding carboxylic acids is 1. The number of methoxy groups -OCH3 is 2. The summed E-state index contributed by atoms with van der Waals surface area (Å²) in [5.41, 5.74) is 2.83. The number of nitrogens with zero attached hydrogens (tertiary/aromatic N) is 1. The summed E-state index contributed by atoms with van der Waals surface area (Å²) in [7, 11) is 3.13. The van der Waals surface area contributed by atoms with Crippen LogP contribution in [0.5, 0.6) is 11.5 Å². The van der Waals surface area contributed by atoms with Crippen molar-refractivity contribution in [1.82, 2.24) is 4.98 Å². The van der Waals surface area contributed by atoms with Gasteiger partial charge in [-0.3, -0.25) is 9.78 Å². The van der Waals surface area contributed by atoms with Crippen LogP contribution in [-0.2, 0) is 0 Å². The van der Waals surface area contributed by atoms with Crippen LogP contribution in [0.2, 0.25) is 0 Å². The second-order valence-corrected chi connectivity index (χ2v) is 5.38. The minimum Gasteiger partial charge on any atom is -0.496 e. The highest BCUT2D eigenvalue weighted by atomic mass is 16.5. The molecule has 1 heterocycles. The molecule has 3 rings (SSSR count). The SMILES string of the molecule is COc1cc(C(=O)Nc2cnc3ccccc3c2)cc(OC)c1C. The Kier molecular flexibility index (Phi) is 4.33. The standard InChI is InChI=1S/C19H18N2O3/c1-12-17(23-2)9-14(10-18(12)24-3)19(22)21-15-8-13-6-4-5-7-16(13)20-11-15/h4-11H,1-3H3,(H,21,22). The number of nitrogens with one attached hydrogen (secondary N) is 1. The fraction of sp³-hybridized carbons (Fsp3) is 0.158. The van der Waals surface area contributed by atoms with Gasteiger partial charge in [-0.15, -0.1) is 0 Å². The summed E-state index contributed by atoms with van der Waals surface area (Å²) in [6.45, 7) is 1.88. The average molecular weight is 322 g/mol. The number of amides is 1. The van der Waals surface area contributed by atoms with Crippen LogP contribution in [0.25, 0.3) is 10.9 Å². The number of rotatable bonds is 4. The van der Waals surface area contributed by atoms with Crippen molar-refractivity contribution in [3.8, 4) is 11.5 Å². The monoisotopic (exact) mass is 322 g/mol. The number of aromatic nitrogens is 1. The highest BCUT2D eigenvalue weighted by Crippen LogP contribution is 2.30. The number of ether oxygens (including phenoxy) is 2. The van der Waals surface area contributed by atoms with Crippen LogP contribution in [0.3, 0.4) is 0 Å². The van der Waals surface area contributed by atoms with Gasteiger partial charge in [0.15, 0.2) is 0 Å². The second kappa shape index (κ2) is 6.58. The number of fused-ring (bicyclic) bond motifs is 1. The van der Waals surface area contributed by atoms with E-state index in [1.807, 2.05) is 37.3 Å². The molecule has 24 heavy (non-hydrogen) atoms. The second-order valence-electron chi connectivity index (χ2n) is 5.38. The number of anilines is 1. The summed E-state index contributed by atoms with van der Waals surface area (Å²) < 4.78 is 10.6. The third kappa shape index (κ3) is 3.01. The van der Waals surface area contributed by atoms with Crippen molar-refractivity contribution in [2.24, 2.45) is 0 Å². The van der Waals surface area contributed by atoms with Crippen LogP contribution < -0.4 is 14.8 Å². The van der Waals surface area contributed by atoms with Crippen molar-refractivity contribution in [2.45, 2.75) is 6.92 Å². The molecule has 0 aliphatic rings. The number of para-hydroxylation sites is 1. The zero-order chi connectivity index (χ0) is 17.1. The summed E-state index contributed by atoms with van der Waals surface area (Å²) in [5, 5.41) is 3.83. The van der Waals surface area contributed by atoms with Gasteiger partial charge in [-0.2, -0.15) is 0 Å². The first kappa shape index (κ1) is 15.8. The smallest absolute Gasteiger partial charge is 0.255 e. The number of pyridine rings is 1. The van der Waals surface area contributed by atoms with Crippen molar-refractivity contribution in [3.63, 3.8) is 0 Å². The van der Waals surface area contributed by atoms with E-state index in [1.165, 1.54) is 0 Å². The van der Waals surface area contributed by atoms with Crippen LogP contribution in [0.15, 0.2) is 48.7 Å². The van der Waals surface area contributed by atoms with Crippen molar-refractivity contribution < 1.29 is 14.3 Å². The predicted molar refractivity (Wildman–Crippen MR) is 94.0 cm³/mol. The van der Waals surface area contributed by atoms with E-state index in [1.54, 1.807) is 32.5 Å². The van der Waals surface area contributed by atoms with Gasteiger partial charge in [0, 0.05) is 16.5 Å². The molecule has 0 bridgehead atoms. The number of hydrogen-bond donors (Lipinski definition) is 1. The van der Waals surface area contributed by atoms with E-state index in [0.717, 1.165) is 16.5 Å². The third-order valence-electron chi connectivity index (χ3n) is 3.86. The predicted octanol–water partition coefficient (Wildman–Crippen LogP) is 3.81. The van der Waals surface area contributed by atoms with Gasteiger partial charge in [-0.1, -0.05) is 18.2 Å². The van der Waals surface area contributed by atoms with Gasteiger partial charge in [0.25, 0.3) is 5.91 Å². The molecule has 0 radical (unpaired) electrons. The molecule has 1 amide bonds. The molecule has 1 aromatic heterocycles. The van der Waals surface area contributed by atoms with Gasteiger partial charge in [-0.25, -0.2) is 0 Å². The Morgan fingerprint density at radius 3 is 2.38 bits per heavy atom. The van der Waals surface area contributed by atoms with Crippen molar-refractivity contribution in [2.75, 3.05) is 19.5 Å². The van der Waals surface area contributed by atoms with Crippen LogP contribution in [0.4, 0.5) is 5.69 Å². The topological polar surface area (TPSA) is 60.5 Å². The maximum Gasteiger partial charge on any atom is 0.255 e. The van der Waals surface area contributed by atoms with Gasteiger partial charge in [0.1, 0.15) is 11.5 Å². The van der Waals surface area contributed by atoms with E-state index in [2.05, 4.69) is 10.3 Å². The van der Waals surface area contributed by atoms with Crippen molar-refractivity contribution in [1.29, 1.82) is 0 Å². The molecule has 0 saturated heterocycles. The minimum absolute atomic E-state index is 0.247. The molecule has 0 unspecified atom stereocenters. The maximum atomic E-state index is 12.5. The van der Waals surface area contributed by atoms with E-state index in [4.69, 9.17) is 9.47 Å². The summed E-state index contributed by atoms with van der Waals surface area (Å²) in [6.07, 6.45) is 1.64. The lowest BCUT2D eigenvalue weighted by atomic mass is 10.1. The van der Waals surface area contributed by atoms with Crippen LogP contribution in [0, 0.1) is 6.92 Å². The Hall–Kier alpha value is -3.08. The zero-order valence-electron chi connectivity index (χ0n) is 13.8. The molecule has 0 aliphatic heterocycles. The quantitative estimate of drug-likeness (QED) is 0.793. The molecule has 1 N–H and O–H groups in total. The van der Waals surface area contributed by atoms with Gasteiger partial charge in [-0.05, 0) is 31.2 Å². The molecule has 0 spiro atoms. The van der Waals surface area contributed by atoms with E-state index in [0.29, 0.717) is 22.7 Å². The summed E-state index contributed by atoms with van der Waals surface area (Å²) in [5.74, 6) is 0.968. The normalized spacial score (nSPS) is 10.5. The maximum absolute atomic E-state index is 12.5. The number of benzene rings is 2. The van der Waals surface area contributed by atoms with Crippen LogP contribution >= 0.6 is 0 Å². The molecule has 2 aromatic carbocycles. The lowest BCUT2D eigenvalue weighted by Crippen LogP contribution is -2.13. The highest BCUT2D eigenvalue weighted by molar-refractivity contribution is 6.05. The van der Waals surface area contributed by atoms with Gasteiger partial charge in [0.05, 0.1) is 31.6 Å². The van der Waals surface area contributed by atoms with Gasteiger partial charge >= 0.3 is 0 Å². The Bertz CT molecular complexity index is 881. The summed E-state index contributed by atoms with van der Waals surface area (Å²) in [4.78, 5) is 16.9. The Labute approximate surface area is 140 Å². The number of hydrogen-bond acceptors (Lipinski definition) is 4. The van der Waals surface area contributed by atoms with E-state index >= 15 is 0 Å². The average Bonchev–Trinajstić information content (AvgIpc) is 2.61. The van der Waals surface area contributed by atoms with Crippen LogP contribution in [-0.4, -0.2) is 25.1 Å². The van der Waals surface area contributed by atoms with Crippen molar-refractivity contribution in [3.05, 3.63) is 59.8 Å². The Morgan fingerprint density at radius 2 is 1.71 bits per heavy atom. The summed E-state index contributed by atoms with van der Waals surface area (Å²) >= 11 is 0. The molecule has 0 saturated carbocycles. The molecule has 0 atom stereocenters. The fourth-order valence-corrected chi connectivity index (χ4v) is 2.56. The first-order valence-electron chi connectivity index (χ1n) is 7.51. The molecule has 3 aromatic rings. The number of carbonyl (C=O) groups is 1. The van der Waals surface area contributed by atoms with E-state index in [-0.39, 0.29) is 5.91 Å². The molecule has 5 nitrogen and oxygen atoms in total. The first-order chi connectivity index (χ1) is 11.6. The van der Waals surface area contributed by atoms with E-state index < -0.39 is 0 Å².